The zero-order valence-corrected chi connectivity index (χ0v) is 18.3. The van der Waals surface area contributed by atoms with E-state index in [0.29, 0.717) is 23.3 Å². The van der Waals surface area contributed by atoms with E-state index in [2.05, 4.69) is 0 Å². The quantitative estimate of drug-likeness (QED) is 0.386. The molecule has 6 rings (SSSR count). The second kappa shape index (κ2) is 7.85. The Morgan fingerprint density at radius 3 is 1.88 bits per heavy atom. The number of ether oxygens (including phenoxy) is 1. The van der Waals surface area contributed by atoms with Crippen LogP contribution in [-0.4, -0.2) is 11.9 Å². The van der Waals surface area contributed by atoms with Gasteiger partial charge in [-0.3, -0.25) is 4.79 Å². The summed E-state index contributed by atoms with van der Waals surface area (Å²) in [4.78, 5) is 29.5. The molecule has 4 aromatic carbocycles. The van der Waals surface area contributed by atoms with Gasteiger partial charge in [-0.1, -0.05) is 109 Å². The Labute approximate surface area is 197 Å². The summed E-state index contributed by atoms with van der Waals surface area (Å²) in [6.07, 6.45) is 0. The van der Waals surface area contributed by atoms with E-state index in [1.165, 1.54) is 0 Å². The molecule has 0 radical (unpaired) electrons. The number of rotatable bonds is 4. The van der Waals surface area contributed by atoms with Crippen molar-refractivity contribution in [1.29, 1.82) is 0 Å². The average molecular weight is 444 g/mol. The number of hydrogen-bond donors (Lipinski definition) is 0. The van der Waals surface area contributed by atoms with Crippen LogP contribution in [0.25, 0.3) is 11.1 Å². The molecular weight excluding hydrogens is 422 g/mol. The third-order valence-electron chi connectivity index (χ3n) is 6.48. The maximum atomic E-state index is 14.3. The Morgan fingerprint density at radius 2 is 1.21 bits per heavy atom. The van der Waals surface area contributed by atoms with E-state index in [-0.39, 0.29) is 5.91 Å². The normalized spacial score (nSPS) is 19.0. The molecule has 4 nitrogen and oxygen atoms in total. The van der Waals surface area contributed by atoms with Crippen molar-refractivity contribution in [1.82, 2.24) is 0 Å². The van der Waals surface area contributed by atoms with E-state index in [1.54, 1.807) is 4.90 Å². The highest BCUT2D eigenvalue weighted by atomic mass is 16.6. The van der Waals surface area contributed by atoms with Crippen LogP contribution in [-0.2, 0) is 26.5 Å². The average Bonchev–Trinajstić information content (AvgIpc) is 3.33. The Balaban J connectivity index is 1.62. The lowest BCUT2D eigenvalue weighted by Crippen LogP contribution is -2.41. The largest absolute Gasteiger partial charge is 0.435 e. The van der Waals surface area contributed by atoms with Crippen LogP contribution < -0.4 is 4.90 Å². The SMILES string of the molecule is O=C1OC2(C(=O)N(Cc3ccccc3)c3ccccc32)C(c2ccccc2)=C1c1ccccc1. The van der Waals surface area contributed by atoms with Crippen LogP contribution in [0.2, 0.25) is 0 Å². The molecule has 0 aromatic heterocycles. The number of para-hydroxylation sites is 1. The lowest BCUT2D eigenvalue weighted by Gasteiger charge is -2.26. The standard InChI is InChI=1S/C30H21NO3/c32-28-26(22-14-6-2-7-15-22)27(23-16-8-3-9-17-23)30(34-28)24-18-10-11-19-25(24)31(29(30)33)20-21-12-4-1-5-13-21/h1-19H,20H2. The molecule has 0 fully saturated rings. The highest BCUT2D eigenvalue weighted by Crippen LogP contribution is 2.56. The fourth-order valence-corrected chi connectivity index (χ4v) is 5.02. The first-order chi connectivity index (χ1) is 16.7. The summed E-state index contributed by atoms with van der Waals surface area (Å²) >= 11 is 0. The number of carbonyl (C=O) groups is 2. The first-order valence-corrected chi connectivity index (χ1v) is 11.2. The van der Waals surface area contributed by atoms with Crippen molar-refractivity contribution >= 4 is 28.7 Å². The second-order valence-corrected chi connectivity index (χ2v) is 8.45. The summed E-state index contributed by atoms with van der Waals surface area (Å²) in [5.41, 5.74) is 3.46. The Hall–Kier alpha value is -4.44. The zero-order valence-electron chi connectivity index (χ0n) is 18.3. The number of hydrogen-bond acceptors (Lipinski definition) is 3. The Kier molecular flexibility index (Phi) is 4.66. The maximum Gasteiger partial charge on any atom is 0.340 e. The van der Waals surface area contributed by atoms with Gasteiger partial charge in [0.2, 0.25) is 5.60 Å². The number of anilines is 1. The minimum Gasteiger partial charge on any atom is -0.435 e. The minimum absolute atomic E-state index is 0.254. The van der Waals surface area contributed by atoms with Crippen molar-refractivity contribution in [2.75, 3.05) is 4.90 Å². The summed E-state index contributed by atoms with van der Waals surface area (Å²) in [6, 6.07) is 36.5. The molecule has 0 aliphatic carbocycles. The topological polar surface area (TPSA) is 46.6 Å². The highest BCUT2D eigenvalue weighted by molar-refractivity contribution is 6.34. The summed E-state index contributed by atoms with van der Waals surface area (Å²) in [5, 5.41) is 0. The fourth-order valence-electron chi connectivity index (χ4n) is 5.02. The third-order valence-corrected chi connectivity index (χ3v) is 6.48. The van der Waals surface area contributed by atoms with Gasteiger partial charge in [0.1, 0.15) is 0 Å². The molecule has 4 heteroatoms. The van der Waals surface area contributed by atoms with Gasteiger partial charge in [-0.05, 0) is 22.8 Å². The third kappa shape index (κ3) is 2.92. The van der Waals surface area contributed by atoms with E-state index in [9.17, 15) is 9.59 Å². The van der Waals surface area contributed by atoms with E-state index in [1.807, 2.05) is 115 Å². The van der Waals surface area contributed by atoms with Crippen molar-refractivity contribution in [3.63, 3.8) is 0 Å². The molecule has 1 unspecified atom stereocenters. The molecule has 0 N–H and O–H groups in total. The van der Waals surface area contributed by atoms with Gasteiger partial charge in [0.15, 0.2) is 0 Å². The molecule has 2 aliphatic rings. The number of fused-ring (bicyclic) bond motifs is 2. The van der Waals surface area contributed by atoms with E-state index >= 15 is 0 Å². The lowest BCUT2D eigenvalue weighted by molar-refractivity contribution is -0.153. The maximum absolute atomic E-state index is 14.3. The van der Waals surface area contributed by atoms with Crippen LogP contribution in [0, 0.1) is 0 Å². The molecule has 34 heavy (non-hydrogen) atoms. The monoisotopic (exact) mass is 443 g/mol. The predicted octanol–water partition coefficient (Wildman–Crippen LogP) is 5.60. The number of nitrogens with zero attached hydrogens (tertiary/aromatic N) is 1. The van der Waals surface area contributed by atoms with E-state index < -0.39 is 11.6 Å². The van der Waals surface area contributed by atoms with Gasteiger partial charge in [-0.2, -0.15) is 0 Å². The highest BCUT2D eigenvalue weighted by Gasteiger charge is 2.61. The van der Waals surface area contributed by atoms with E-state index in [0.717, 1.165) is 22.4 Å². The zero-order chi connectivity index (χ0) is 23.1. The molecule has 1 atom stereocenters. The molecule has 0 saturated carbocycles. The Morgan fingerprint density at radius 1 is 0.647 bits per heavy atom. The van der Waals surface area contributed by atoms with Gasteiger partial charge in [-0.15, -0.1) is 0 Å². The molecular formula is C30H21NO3. The number of amides is 1. The van der Waals surface area contributed by atoms with Gasteiger partial charge >= 0.3 is 5.97 Å². The number of benzene rings is 4. The van der Waals surface area contributed by atoms with Crippen molar-refractivity contribution in [2.45, 2.75) is 12.1 Å². The summed E-state index contributed by atoms with van der Waals surface area (Å²) in [7, 11) is 0. The van der Waals surface area contributed by atoms with Crippen LogP contribution in [0.5, 0.6) is 0 Å². The van der Waals surface area contributed by atoms with Gasteiger partial charge in [-0.25, -0.2) is 4.79 Å². The predicted molar refractivity (Wildman–Crippen MR) is 132 cm³/mol. The van der Waals surface area contributed by atoms with Crippen LogP contribution in [0.1, 0.15) is 22.3 Å². The smallest absolute Gasteiger partial charge is 0.340 e. The van der Waals surface area contributed by atoms with Crippen LogP contribution in [0.3, 0.4) is 0 Å². The Bertz CT molecular complexity index is 1430. The molecule has 164 valence electrons. The first-order valence-electron chi connectivity index (χ1n) is 11.2. The van der Waals surface area contributed by atoms with E-state index in [4.69, 9.17) is 4.74 Å². The van der Waals surface area contributed by atoms with Crippen molar-refractivity contribution in [3.05, 3.63) is 138 Å². The van der Waals surface area contributed by atoms with Gasteiger partial charge in [0.25, 0.3) is 5.91 Å². The van der Waals surface area contributed by atoms with Gasteiger partial charge in [0.05, 0.1) is 17.8 Å². The van der Waals surface area contributed by atoms with Gasteiger partial charge < -0.3 is 9.64 Å². The summed E-state index contributed by atoms with van der Waals surface area (Å²) in [5.74, 6) is -0.745. The lowest BCUT2D eigenvalue weighted by atomic mass is 9.81. The minimum atomic E-state index is -1.53. The molecule has 2 aliphatic heterocycles. The van der Waals surface area contributed by atoms with Crippen LogP contribution >= 0.6 is 0 Å². The van der Waals surface area contributed by atoms with Crippen LogP contribution in [0.15, 0.2) is 115 Å². The number of carbonyl (C=O) groups excluding carboxylic acids is 2. The molecule has 1 spiro atoms. The van der Waals surface area contributed by atoms with Crippen molar-refractivity contribution in [3.8, 4) is 0 Å². The summed E-state index contributed by atoms with van der Waals surface area (Å²) in [6.45, 7) is 0.388. The number of esters is 1. The molecule has 0 saturated heterocycles. The van der Waals surface area contributed by atoms with Crippen molar-refractivity contribution < 1.29 is 14.3 Å². The van der Waals surface area contributed by atoms with Crippen LogP contribution in [0.4, 0.5) is 5.69 Å². The molecule has 4 aromatic rings. The van der Waals surface area contributed by atoms with Crippen molar-refractivity contribution in [2.24, 2.45) is 0 Å². The molecule has 2 heterocycles. The second-order valence-electron chi connectivity index (χ2n) is 8.45. The van der Waals surface area contributed by atoms with Gasteiger partial charge in [0, 0.05) is 11.1 Å². The first kappa shape index (κ1) is 20.2. The molecule has 1 amide bonds. The summed E-state index contributed by atoms with van der Waals surface area (Å²) < 4.78 is 6.15. The fraction of sp³-hybridized carbons (Fsp3) is 0.0667. The molecule has 0 bridgehead atoms.